The van der Waals surface area contributed by atoms with E-state index in [1.807, 2.05) is 28.8 Å². The number of rotatable bonds is 7. The number of nitrogens with zero attached hydrogens (tertiary/aromatic N) is 3. The lowest BCUT2D eigenvalue weighted by molar-refractivity contribution is 0.354. The first-order valence-electron chi connectivity index (χ1n) is 13.8. The Kier molecular flexibility index (Phi) is 7.07. The van der Waals surface area contributed by atoms with Gasteiger partial charge >= 0.3 is 0 Å². The lowest BCUT2D eigenvalue weighted by atomic mass is 9.83. The molecule has 0 saturated heterocycles. The van der Waals surface area contributed by atoms with Crippen molar-refractivity contribution in [2.45, 2.75) is 32.7 Å². The van der Waals surface area contributed by atoms with Crippen molar-refractivity contribution in [3.05, 3.63) is 114 Å². The van der Waals surface area contributed by atoms with Crippen LogP contribution in [0, 0.1) is 0 Å². The summed E-state index contributed by atoms with van der Waals surface area (Å²) >= 11 is 1.45. The van der Waals surface area contributed by atoms with Crippen molar-refractivity contribution in [3.8, 4) is 11.5 Å². The smallest absolute Gasteiger partial charge is 0.271 e. The maximum absolute atomic E-state index is 14.1. The molecule has 2 aliphatic rings. The molecule has 204 valence electrons. The summed E-state index contributed by atoms with van der Waals surface area (Å²) in [7, 11) is 3.27. The molecule has 1 atom stereocenters. The quantitative estimate of drug-likeness (QED) is 0.318. The largest absolute Gasteiger partial charge is 0.493 e. The molecule has 1 aliphatic heterocycles. The van der Waals surface area contributed by atoms with Crippen molar-refractivity contribution in [2.24, 2.45) is 4.99 Å². The molecule has 0 saturated carbocycles. The minimum Gasteiger partial charge on any atom is -0.493 e. The molecule has 0 bridgehead atoms. The lowest BCUT2D eigenvalue weighted by Gasteiger charge is -2.31. The molecule has 40 heavy (non-hydrogen) atoms. The Balaban J connectivity index is 1.53. The van der Waals surface area contributed by atoms with Gasteiger partial charge in [0.1, 0.15) is 0 Å². The van der Waals surface area contributed by atoms with Crippen molar-refractivity contribution in [3.63, 3.8) is 0 Å². The molecule has 0 fully saturated rings. The van der Waals surface area contributed by atoms with E-state index in [9.17, 15) is 4.79 Å². The number of hydrogen-bond acceptors (Lipinski definition) is 6. The average Bonchev–Trinajstić information content (AvgIpc) is 3.31. The Morgan fingerprint density at radius 2 is 1.73 bits per heavy atom. The van der Waals surface area contributed by atoms with Crippen LogP contribution in [0.15, 0.2) is 82.1 Å². The fraction of sp³-hybridized carbons (Fsp3) is 0.273. The fourth-order valence-corrected chi connectivity index (χ4v) is 6.87. The molecule has 2 heterocycles. The van der Waals surface area contributed by atoms with Crippen LogP contribution < -0.4 is 29.3 Å². The van der Waals surface area contributed by atoms with Gasteiger partial charge in [-0.3, -0.25) is 9.36 Å². The molecule has 1 aliphatic carbocycles. The summed E-state index contributed by atoms with van der Waals surface area (Å²) in [5.41, 5.74) is 7.73. The van der Waals surface area contributed by atoms with Gasteiger partial charge in [-0.2, -0.15) is 0 Å². The average molecular weight is 552 g/mol. The van der Waals surface area contributed by atoms with Crippen molar-refractivity contribution < 1.29 is 9.47 Å². The number of allylic oxidation sites excluding steroid dienone is 1. The molecular formula is C33H33N3O3S. The number of ether oxygens (including phenoxy) is 2. The van der Waals surface area contributed by atoms with E-state index in [2.05, 4.69) is 67.3 Å². The molecule has 4 aromatic rings. The molecule has 7 heteroatoms. The first-order valence-corrected chi connectivity index (χ1v) is 14.6. The standard InChI is InChI=1S/C33H33N3O3S/c1-5-35(6-2)24-15-11-21(12-16-24)19-29-32(37)36-31(23-14-18-27(38-3)28(20-23)39-4)26-17-13-22-9-7-8-10-25(22)30(26)34-33(36)40-29/h7-12,14-16,18-20,31H,5-6,13,17H2,1-4H3/b29-19-/t31-/m1/s1. The van der Waals surface area contributed by atoms with Crippen LogP contribution in [0.2, 0.25) is 0 Å². The summed E-state index contributed by atoms with van der Waals surface area (Å²) in [5, 5.41) is 0. The summed E-state index contributed by atoms with van der Waals surface area (Å²) < 4.78 is 13.7. The van der Waals surface area contributed by atoms with Crippen molar-refractivity contribution in [2.75, 3.05) is 32.2 Å². The van der Waals surface area contributed by atoms with Crippen LogP contribution in [0.25, 0.3) is 11.8 Å². The second-order valence-corrected chi connectivity index (χ2v) is 11.0. The molecule has 0 radical (unpaired) electrons. The number of anilines is 1. The van der Waals surface area contributed by atoms with Gasteiger partial charge in [-0.15, -0.1) is 0 Å². The number of aryl methyl sites for hydroxylation is 1. The topological polar surface area (TPSA) is 56.1 Å². The van der Waals surface area contributed by atoms with E-state index >= 15 is 0 Å². The third kappa shape index (κ3) is 4.44. The van der Waals surface area contributed by atoms with Crippen LogP contribution in [-0.4, -0.2) is 31.9 Å². The molecular weight excluding hydrogens is 518 g/mol. The molecule has 6 rings (SSSR count). The second kappa shape index (κ2) is 10.8. The highest BCUT2D eigenvalue weighted by Gasteiger charge is 2.33. The number of aromatic nitrogens is 1. The molecule has 3 aromatic carbocycles. The van der Waals surface area contributed by atoms with Crippen LogP contribution in [0.4, 0.5) is 5.69 Å². The highest BCUT2D eigenvalue weighted by atomic mass is 32.1. The summed E-state index contributed by atoms with van der Waals surface area (Å²) in [4.78, 5) is 22.2. The van der Waals surface area contributed by atoms with Crippen molar-refractivity contribution >= 4 is 28.8 Å². The zero-order chi connectivity index (χ0) is 27.8. The highest BCUT2D eigenvalue weighted by molar-refractivity contribution is 7.07. The normalized spacial score (nSPS) is 16.1. The first kappa shape index (κ1) is 26.1. The Labute approximate surface area is 238 Å². The molecule has 0 unspecified atom stereocenters. The fourth-order valence-electron chi connectivity index (χ4n) is 5.87. The van der Waals surface area contributed by atoms with Gasteiger partial charge < -0.3 is 14.4 Å². The van der Waals surface area contributed by atoms with Crippen LogP contribution in [0.3, 0.4) is 0 Å². The second-order valence-electron chi connectivity index (χ2n) is 9.99. The number of fused-ring (bicyclic) bond motifs is 3. The van der Waals surface area contributed by atoms with E-state index in [-0.39, 0.29) is 11.6 Å². The van der Waals surface area contributed by atoms with Gasteiger partial charge in [-0.1, -0.05) is 53.8 Å². The van der Waals surface area contributed by atoms with Crippen molar-refractivity contribution in [1.29, 1.82) is 0 Å². The zero-order valence-corrected chi connectivity index (χ0v) is 24.1. The monoisotopic (exact) mass is 551 g/mol. The van der Waals surface area contributed by atoms with Gasteiger partial charge in [0.2, 0.25) is 0 Å². The number of methoxy groups -OCH3 is 2. The molecule has 1 aromatic heterocycles. The highest BCUT2D eigenvalue weighted by Crippen LogP contribution is 2.42. The van der Waals surface area contributed by atoms with Crippen LogP contribution >= 0.6 is 11.3 Å². The maximum atomic E-state index is 14.1. The molecule has 6 nitrogen and oxygen atoms in total. The van der Waals surface area contributed by atoms with Gasteiger partial charge in [0.05, 0.1) is 30.5 Å². The number of benzene rings is 3. The predicted molar refractivity (Wildman–Crippen MR) is 162 cm³/mol. The molecule has 0 spiro atoms. The van der Waals surface area contributed by atoms with E-state index in [0.29, 0.717) is 20.8 Å². The Bertz CT molecular complexity index is 1780. The van der Waals surface area contributed by atoms with Crippen LogP contribution in [-0.2, 0) is 6.42 Å². The van der Waals surface area contributed by atoms with Gasteiger partial charge in [0.25, 0.3) is 5.56 Å². The van der Waals surface area contributed by atoms with E-state index in [1.54, 1.807) is 14.2 Å². The zero-order valence-electron chi connectivity index (χ0n) is 23.3. The number of thiazole rings is 1. The first-order chi connectivity index (χ1) is 19.6. The Morgan fingerprint density at radius 3 is 2.45 bits per heavy atom. The van der Waals surface area contributed by atoms with Crippen molar-refractivity contribution in [1.82, 2.24) is 4.57 Å². The minimum atomic E-state index is -0.272. The molecule has 0 amide bonds. The lowest BCUT2D eigenvalue weighted by Crippen LogP contribution is -2.38. The van der Waals surface area contributed by atoms with Gasteiger partial charge in [-0.05, 0) is 79.3 Å². The van der Waals surface area contributed by atoms with Gasteiger partial charge in [-0.25, -0.2) is 4.99 Å². The van der Waals surface area contributed by atoms with Gasteiger partial charge in [0, 0.05) is 24.3 Å². The van der Waals surface area contributed by atoms with E-state index in [0.717, 1.165) is 53.9 Å². The van der Waals surface area contributed by atoms with E-state index in [4.69, 9.17) is 14.5 Å². The maximum Gasteiger partial charge on any atom is 0.271 e. The van der Waals surface area contributed by atoms with E-state index < -0.39 is 0 Å². The van der Waals surface area contributed by atoms with E-state index in [1.165, 1.54) is 22.6 Å². The van der Waals surface area contributed by atoms with Crippen LogP contribution in [0.5, 0.6) is 11.5 Å². The summed E-state index contributed by atoms with van der Waals surface area (Å²) in [6.45, 7) is 6.23. The molecule has 0 N–H and O–H groups in total. The summed E-state index contributed by atoms with van der Waals surface area (Å²) in [6.07, 6.45) is 3.74. The predicted octanol–water partition coefficient (Wildman–Crippen LogP) is 5.18. The Hall–Kier alpha value is -4.10. The number of hydrogen-bond donors (Lipinski definition) is 0. The third-order valence-corrected chi connectivity index (χ3v) is 8.90. The minimum absolute atomic E-state index is 0.0261. The third-order valence-electron chi connectivity index (χ3n) is 7.92. The van der Waals surface area contributed by atoms with Crippen LogP contribution in [0.1, 0.15) is 48.6 Å². The SMILES string of the molecule is CCN(CC)c1ccc(/C=c2\sc3n(c2=O)[C@H](c2ccc(OC)c(OC)c2)C2=C(N=3)c3ccccc3CC2)cc1. The summed E-state index contributed by atoms with van der Waals surface area (Å²) in [6, 6.07) is 22.5. The summed E-state index contributed by atoms with van der Waals surface area (Å²) in [5.74, 6) is 1.31. The van der Waals surface area contributed by atoms with Gasteiger partial charge in [0.15, 0.2) is 16.3 Å². The Morgan fingerprint density at radius 1 is 0.975 bits per heavy atom.